The fraction of sp³-hybridized carbons (Fsp3) is 0.389. The summed E-state index contributed by atoms with van der Waals surface area (Å²) in [5.41, 5.74) is 1.39. The summed E-state index contributed by atoms with van der Waals surface area (Å²) in [7, 11) is 0. The Morgan fingerprint density at radius 2 is 2.15 bits per heavy atom. The summed E-state index contributed by atoms with van der Waals surface area (Å²) in [6, 6.07) is 7.49. The minimum atomic E-state index is -0.589. The van der Waals surface area contributed by atoms with Crippen LogP contribution in [0.15, 0.2) is 35.6 Å². The van der Waals surface area contributed by atoms with E-state index in [2.05, 4.69) is 15.1 Å². The molecule has 2 aromatic heterocycles. The molecule has 7 nitrogen and oxygen atoms in total. The summed E-state index contributed by atoms with van der Waals surface area (Å²) in [4.78, 5) is 9.09. The molecule has 1 aromatic carbocycles. The van der Waals surface area contributed by atoms with E-state index in [4.69, 9.17) is 25.8 Å². The predicted octanol–water partition coefficient (Wildman–Crippen LogP) is 3.72. The first-order valence-electron chi connectivity index (χ1n) is 8.46. The zero-order valence-corrected chi connectivity index (χ0v) is 16.8. The third-order valence-electron chi connectivity index (χ3n) is 4.11. The van der Waals surface area contributed by atoms with Crippen LogP contribution in [0.25, 0.3) is 16.7 Å². The van der Waals surface area contributed by atoms with Gasteiger partial charge in [0.05, 0.1) is 23.5 Å². The van der Waals surface area contributed by atoms with Crippen LogP contribution in [0.1, 0.15) is 13.8 Å². The number of halogens is 1. The van der Waals surface area contributed by atoms with Crippen LogP contribution in [0.4, 0.5) is 0 Å². The molecule has 0 spiro atoms. The van der Waals surface area contributed by atoms with E-state index in [1.165, 1.54) is 11.8 Å². The minimum absolute atomic E-state index is 0.152. The molecule has 4 rings (SSSR count). The average Bonchev–Trinajstić information content (AvgIpc) is 3.23. The highest BCUT2D eigenvalue weighted by molar-refractivity contribution is 7.98. The molecule has 0 bridgehead atoms. The van der Waals surface area contributed by atoms with Gasteiger partial charge in [-0.15, -0.1) is 0 Å². The third-order valence-corrected chi connectivity index (χ3v) is 4.98. The molecule has 0 N–H and O–H groups in total. The van der Waals surface area contributed by atoms with Gasteiger partial charge in [-0.25, -0.2) is 9.67 Å². The van der Waals surface area contributed by atoms with Gasteiger partial charge >= 0.3 is 0 Å². The lowest BCUT2D eigenvalue weighted by Crippen LogP contribution is -2.25. The van der Waals surface area contributed by atoms with Crippen LogP contribution < -0.4 is 4.74 Å². The number of ether oxygens (including phenoxy) is 3. The Labute approximate surface area is 166 Å². The normalized spacial score (nSPS) is 18.9. The van der Waals surface area contributed by atoms with Gasteiger partial charge in [0.15, 0.2) is 16.6 Å². The van der Waals surface area contributed by atoms with Crippen molar-refractivity contribution < 1.29 is 14.2 Å². The SMILES string of the molecule is CSc1nc(OCC2COC(C)(C)O2)c2cnn(-c3ccccc3Cl)c2n1. The predicted molar refractivity (Wildman–Crippen MR) is 104 cm³/mol. The lowest BCUT2D eigenvalue weighted by molar-refractivity contribution is -0.141. The fourth-order valence-electron chi connectivity index (χ4n) is 2.88. The Balaban J connectivity index is 1.68. The molecule has 0 aliphatic carbocycles. The van der Waals surface area contributed by atoms with E-state index in [1.807, 2.05) is 44.4 Å². The third kappa shape index (κ3) is 3.75. The van der Waals surface area contributed by atoms with Gasteiger partial charge in [-0.1, -0.05) is 35.5 Å². The molecular formula is C18H19ClN4O3S. The molecular weight excluding hydrogens is 388 g/mol. The van der Waals surface area contributed by atoms with Crippen molar-refractivity contribution in [2.24, 2.45) is 0 Å². The highest BCUT2D eigenvalue weighted by Crippen LogP contribution is 2.30. The molecule has 1 unspecified atom stereocenters. The van der Waals surface area contributed by atoms with Gasteiger partial charge < -0.3 is 14.2 Å². The number of fused-ring (bicyclic) bond motifs is 1. The Kier molecular flexibility index (Phi) is 4.98. The van der Waals surface area contributed by atoms with Crippen molar-refractivity contribution in [1.29, 1.82) is 0 Å². The van der Waals surface area contributed by atoms with Gasteiger partial charge in [-0.3, -0.25) is 0 Å². The summed E-state index contributed by atoms with van der Waals surface area (Å²) >= 11 is 7.77. The van der Waals surface area contributed by atoms with Crippen molar-refractivity contribution >= 4 is 34.4 Å². The van der Waals surface area contributed by atoms with Crippen LogP contribution in [-0.4, -0.2) is 51.1 Å². The number of hydrogen-bond acceptors (Lipinski definition) is 7. The van der Waals surface area contributed by atoms with Crippen LogP contribution in [-0.2, 0) is 9.47 Å². The van der Waals surface area contributed by atoms with E-state index in [9.17, 15) is 0 Å². The lowest BCUT2D eigenvalue weighted by atomic mass is 10.3. The molecule has 142 valence electrons. The topological polar surface area (TPSA) is 71.3 Å². The van der Waals surface area contributed by atoms with Crippen molar-refractivity contribution in [2.75, 3.05) is 19.5 Å². The van der Waals surface area contributed by atoms with Crippen LogP contribution in [0.3, 0.4) is 0 Å². The molecule has 0 amide bonds. The number of benzene rings is 1. The summed E-state index contributed by atoms with van der Waals surface area (Å²) in [6.45, 7) is 4.58. The molecule has 9 heteroatoms. The maximum Gasteiger partial charge on any atom is 0.228 e. The molecule has 0 saturated carbocycles. The Morgan fingerprint density at radius 1 is 1.33 bits per heavy atom. The second-order valence-electron chi connectivity index (χ2n) is 6.52. The molecule has 1 aliphatic heterocycles. The molecule has 0 radical (unpaired) electrons. The van der Waals surface area contributed by atoms with Gasteiger partial charge in [-0.05, 0) is 32.2 Å². The number of nitrogens with zero attached hydrogens (tertiary/aromatic N) is 4. The highest BCUT2D eigenvalue weighted by atomic mass is 35.5. The standard InChI is InChI=1S/C18H19ClN4O3S/c1-18(2)25-10-11(26-18)9-24-16-12-8-20-23(14-7-5-4-6-13(14)19)15(12)21-17(22-16)27-3/h4-8,11H,9-10H2,1-3H3. The highest BCUT2D eigenvalue weighted by Gasteiger charge is 2.33. The molecule has 27 heavy (non-hydrogen) atoms. The van der Waals surface area contributed by atoms with Crippen LogP contribution in [0.2, 0.25) is 5.02 Å². The van der Waals surface area contributed by atoms with E-state index in [0.717, 1.165) is 5.69 Å². The summed E-state index contributed by atoms with van der Waals surface area (Å²) < 4.78 is 19.0. The van der Waals surface area contributed by atoms with E-state index < -0.39 is 5.79 Å². The monoisotopic (exact) mass is 406 g/mol. The quantitative estimate of drug-likeness (QED) is 0.472. The molecule has 3 heterocycles. The second-order valence-corrected chi connectivity index (χ2v) is 7.70. The Morgan fingerprint density at radius 3 is 2.85 bits per heavy atom. The van der Waals surface area contributed by atoms with Gasteiger partial charge in [0, 0.05) is 0 Å². The largest absolute Gasteiger partial charge is 0.474 e. The van der Waals surface area contributed by atoms with E-state index in [-0.39, 0.29) is 6.10 Å². The number of aromatic nitrogens is 4. The molecule has 3 aromatic rings. The van der Waals surface area contributed by atoms with Crippen molar-refractivity contribution in [2.45, 2.75) is 30.9 Å². The molecule has 1 saturated heterocycles. The van der Waals surface area contributed by atoms with Gasteiger partial charge in [0.1, 0.15) is 18.1 Å². The van der Waals surface area contributed by atoms with E-state index in [1.54, 1.807) is 10.9 Å². The van der Waals surface area contributed by atoms with Crippen molar-refractivity contribution in [1.82, 2.24) is 19.7 Å². The van der Waals surface area contributed by atoms with Crippen molar-refractivity contribution in [3.05, 3.63) is 35.5 Å². The summed E-state index contributed by atoms with van der Waals surface area (Å²) in [5.74, 6) is -0.120. The Hall–Kier alpha value is -1.87. The maximum absolute atomic E-state index is 6.33. The van der Waals surface area contributed by atoms with Crippen molar-refractivity contribution in [3.8, 4) is 11.6 Å². The van der Waals surface area contributed by atoms with Crippen LogP contribution in [0.5, 0.6) is 5.88 Å². The fourth-order valence-corrected chi connectivity index (χ4v) is 3.45. The maximum atomic E-state index is 6.33. The zero-order chi connectivity index (χ0) is 19.0. The average molecular weight is 407 g/mol. The molecule has 1 fully saturated rings. The van der Waals surface area contributed by atoms with E-state index >= 15 is 0 Å². The minimum Gasteiger partial charge on any atom is -0.474 e. The lowest BCUT2D eigenvalue weighted by Gasteiger charge is -2.17. The van der Waals surface area contributed by atoms with Gasteiger partial charge in [0.2, 0.25) is 5.88 Å². The second kappa shape index (κ2) is 7.27. The molecule has 1 atom stereocenters. The first kappa shape index (κ1) is 18.5. The number of rotatable bonds is 5. The van der Waals surface area contributed by atoms with Crippen molar-refractivity contribution in [3.63, 3.8) is 0 Å². The smallest absolute Gasteiger partial charge is 0.228 e. The number of para-hydroxylation sites is 1. The van der Waals surface area contributed by atoms with Crippen LogP contribution >= 0.6 is 23.4 Å². The summed E-state index contributed by atoms with van der Waals surface area (Å²) in [5, 5.41) is 6.35. The van der Waals surface area contributed by atoms with Crippen LogP contribution in [0, 0.1) is 0 Å². The number of thioether (sulfide) groups is 1. The van der Waals surface area contributed by atoms with Gasteiger partial charge in [0.25, 0.3) is 0 Å². The zero-order valence-electron chi connectivity index (χ0n) is 15.2. The van der Waals surface area contributed by atoms with Gasteiger partial charge in [-0.2, -0.15) is 10.1 Å². The molecule has 1 aliphatic rings. The van der Waals surface area contributed by atoms with E-state index in [0.29, 0.717) is 40.3 Å². The summed E-state index contributed by atoms with van der Waals surface area (Å²) in [6.07, 6.45) is 3.45. The Bertz CT molecular complexity index is 978. The number of hydrogen-bond donors (Lipinski definition) is 0. The first-order chi connectivity index (χ1) is 13.0. The first-order valence-corrected chi connectivity index (χ1v) is 10.1.